The van der Waals surface area contributed by atoms with Gasteiger partial charge in [-0.2, -0.15) is 5.26 Å². The number of pyridine rings is 1. The van der Waals surface area contributed by atoms with Crippen LogP contribution in [0.5, 0.6) is 5.75 Å². The number of aromatic nitrogens is 1. The van der Waals surface area contributed by atoms with Crippen LogP contribution in [0.25, 0.3) is 10.9 Å². The number of nitrogens with one attached hydrogen (secondary N) is 1. The lowest BCUT2D eigenvalue weighted by Gasteiger charge is -2.20. The third-order valence-electron chi connectivity index (χ3n) is 5.35. The molecule has 3 aromatic rings. The Labute approximate surface area is 175 Å². The van der Waals surface area contributed by atoms with Gasteiger partial charge in [-0.15, -0.1) is 0 Å². The van der Waals surface area contributed by atoms with Gasteiger partial charge in [-0.1, -0.05) is 17.7 Å². The molecule has 0 atom stereocenters. The lowest BCUT2D eigenvalue weighted by atomic mass is 10.1. The molecule has 0 aliphatic carbocycles. The van der Waals surface area contributed by atoms with Crippen molar-refractivity contribution < 1.29 is 4.74 Å². The molecule has 6 heteroatoms. The van der Waals surface area contributed by atoms with Gasteiger partial charge >= 0.3 is 0 Å². The number of hydrogen-bond acceptors (Lipinski definition) is 5. The fraction of sp³-hybridized carbons (Fsp3) is 0.304. The Morgan fingerprint density at radius 3 is 2.76 bits per heavy atom. The highest BCUT2D eigenvalue weighted by atomic mass is 35.5. The minimum absolute atomic E-state index is 0.593. The first kappa shape index (κ1) is 19.5. The third kappa shape index (κ3) is 4.29. The molecule has 2 heterocycles. The Morgan fingerprint density at radius 2 is 2.03 bits per heavy atom. The molecule has 0 radical (unpaired) electrons. The SMILES string of the molecule is COc1ccc(CNc2c(CN3CCCC3)cnc3ccc(C#N)cc23)cc1Cl. The number of halogens is 1. The number of fused-ring (bicyclic) bond motifs is 1. The zero-order valence-corrected chi connectivity index (χ0v) is 17.2. The van der Waals surface area contributed by atoms with E-state index in [2.05, 4.69) is 21.3 Å². The van der Waals surface area contributed by atoms with Crippen LogP contribution >= 0.6 is 11.6 Å². The van der Waals surface area contributed by atoms with Gasteiger partial charge in [-0.25, -0.2) is 0 Å². The average molecular weight is 407 g/mol. The van der Waals surface area contributed by atoms with E-state index in [-0.39, 0.29) is 0 Å². The van der Waals surface area contributed by atoms with Gasteiger partial charge in [0.15, 0.2) is 0 Å². The first-order valence-corrected chi connectivity index (χ1v) is 10.2. The molecule has 0 spiro atoms. The summed E-state index contributed by atoms with van der Waals surface area (Å²) in [5.41, 5.74) is 4.75. The number of rotatable bonds is 6. The van der Waals surface area contributed by atoms with E-state index in [1.165, 1.54) is 12.8 Å². The molecule has 0 saturated carbocycles. The molecule has 1 aromatic heterocycles. The summed E-state index contributed by atoms with van der Waals surface area (Å²) in [6, 6.07) is 13.7. The summed E-state index contributed by atoms with van der Waals surface area (Å²) in [6.45, 7) is 3.70. The van der Waals surface area contributed by atoms with Crippen LogP contribution in [-0.2, 0) is 13.1 Å². The Bertz CT molecular complexity index is 1070. The topological polar surface area (TPSA) is 61.2 Å². The fourth-order valence-corrected chi connectivity index (χ4v) is 4.10. The molecular weight excluding hydrogens is 384 g/mol. The monoisotopic (exact) mass is 406 g/mol. The maximum Gasteiger partial charge on any atom is 0.137 e. The molecule has 0 amide bonds. The van der Waals surface area contributed by atoms with E-state index < -0.39 is 0 Å². The summed E-state index contributed by atoms with van der Waals surface area (Å²) in [5.74, 6) is 0.665. The van der Waals surface area contributed by atoms with Gasteiger partial charge in [0.05, 0.1) is 29.3 Å². The van der Waals surface area contributed by atoms with Crippen LogP contribution in [-0.4, -0.2) is 30.1 Å². The molecule has 1 N–H and O–H groups in total. The van der Waals surface area contributed by atoms with Crippen molar-refractivity contribution >= 4 is 28.2 Å². The lowest BCUT2D eigenvalue weighted by Crippen LogP contribution is -2.19. The highest BCUT2D eigenvalue weighted by Gasteiger charge is 2.16. The number of nitrogens with zero attached hydrogens (tertiary/aromatic N) is 3. The molecule has 1 aliphatic rings. The van der Waals surface area contributed by atoms with Crippen molar-refractivity contribution in [1.82, 2.24) is 9.88 Å². The number of ether oxygens (including phenoxy) is 1. The summed E-state index contributed by atoms with van der Waals surface area (Å²) in [5, 5.41) is 14.5. The Morgan fingerprint density at radius 1 is 1.21 bits per heavy atom. The van der Waals surface area contributed by atoms with E-state index in [9.17, 15) is 5.26 Å². The van der Waals surface area contributed by atoms with Crippen LogP contribution in [0.1, 0.15) is 29.5 Å². The van der Waals surface area contributed by atoms with Gasteiger partial charge in [-0.3, -0.25) is 9.88 Å². The molecule has 148 valence electrons. The second kappa shape index (κ2) is 8.69. The molecule has 1 saturated heterocycles. The highest BCUT2D eigenvalue weighted by molar-refractivity contribution is 6.32. The van der Waals surface area contributed by atoms with Crippen molar-refractivity contribution in [2.24, 2.45) is 0 Å². The first-order valence-electron chi connectivity index (χ1n) is 9.78. The van der Waals surface area contributed by atoms with Crippen LogP contribution in [0.3, 0.4) is 0 Å². The van der Waals surface area contributed by atoms with E-state index in [1.807, 2.05) is 42.6 Å². The summed E-state index contributed by atoms with van der Waals surface area (Å²) < 4.78 is 5.24. The smallest absolute Gasteiger partial charge is 0.137 e. The van der Waals surface area contributed by atoms with Crippen molar-refractivity contribution in [2.45, 2.75) is 25.9 Å². The number of benzene rings is 2. The van der Waals surface area contributed by atoms with Crippen LogP contribution in [0.2, 0.25) is 5.02 Å². The highest BCUT2D eigenvalue weighted by Crippen LogP contribution is 2.30. The molecule has 29 heavy (non-hydrogen) atoms. The molecule has 1 fully saturated rings. The van der Waals surface area contributed by atoms with Crippen molar-refractivity contribution in [3.63, 3.8) is 0 Å². The summed E-state index contributed by atoms with van der Waals surface area (Å²) in [6.07, 6.45) is 4.44. The van der Waals surface area contributed by atoms with Crippen molar-refractivity contribution in [1.29, 1.82) is 5.26 Å². The molecule has 4 rings (SSSR count). The second-order valence-corrected chi connectivity index (χ2v) is 7.72. The Balaban J connectivity index is 1.68. The second-order valence-electron chi connectivity index (χ2n) is 7.31. The summed E-state index contributed by atoms with van der Waals surface area (Å²) in [7, 11) is 1.61. The van der Waals surface area contributed by atoms with Crippen molar-refractivity contribution in [3.8, 4) is 11.8 Å². The minimum Gasteiger partial charge on any atom is -0.495 e. The first-order chi connectivity index (χ1) is 14.2. The number of methoxy groups -OCH3 is 1. The zero-order valence-electron chi connectivity index (χ0n) is 16.4. The van der Waals surface area contributed by atoms with Crippen LogP contribution in [0.15, 0.2) is 42.6 Å². The van der Waals surface area contributed by atoms with Gasteiger partial charge in [0, 0.05) is 35.9 Å². The molecule has 1 aliphatic heterocycles. The normalized spacial score (nSPS) is 14.1. The maximum absolute atomic E-state index is 9.35. The van der Waals surface area contributed by atoms with Gasteiger partial charge < -0.3 is 10.1 Å². The third-order valence-corrected chi connectivity index (χ3v) is 5.65. The lowest BCUT2D eigenvalue weighted by molar-refractivity contribution is 0.331. The van der Waals surface area contributed by atoms with E-state index in [1.54, 1.807) is 7.11 Å². The zero-order chi connectivity index (χ0) is 20.2. The van der Waals surface area contributed by atoms with E-state index in [0.717, 1.165) is 47.4 Å². The Kier molecular flexibility index (Phi) is 5.84. The van der Waals surface area contributed by atoms with E-state index in [0.29, 0.717) is 22.9 Å². The Hall–Kier alpha value is -2.81. The van der Waals surface area contributed by atoms with Gasteiger partial charge in [0.25, 0.3) is 0 Å². The number of likely N-dealkylation sites (tertiary alicyclic amines) is 1. The van der Waals surface area contributed by atoms with E-state index in [4.69, 9.17) is 16.3 Å². The molecule has 0 bridgehead atoms. The van der Waals surface area contributed by atoms with Gasteiger partial charge in [0.2, 0.25) is 0 Å². The van der Waals surface area contributed by atoms with Crippen molar-refractivity contribution in [3.05, 3.63) is 64.3 Å². The predicted octanol–water partition coefficient (Wildman–Crippen LogP) is 4.98. The number of nitriles is 1. The summed E-state index contributed by atoms with van der Waals surface area (Å²) >= 11 is 6.29. The predicted molar refractivity (Wildman–Crippen MR) is 116 cm³/mol. The van der Waals surface area contributed by atoms with E-state index >= 15 is 0 Å². The van der Waals surface area contributed by atoms with Gasteiger partial charge in [-0.05, 0) is 61.8 Å². The molecule has 5 nitrogen and oxygen atoms in total. The largest absolute Gasteiger partial charge is 0.495 e. The quantitative estimate of drug-likeness (QED) is 0.625. The minimum atomic E-state index is 0.593. The van der Waals surface area contributed by atoms with Crippen LogP contribution < -0.4 is 10.1 Å². The van der Waals surface area contributed by atoms with Gasteiger partial charge in [0.1, 0.15) is 5.75 Å². The maximum atomic E-state index is 9.35. The molecule has 0 unspecified atom stereocenters. The molecular formula is C23H23ClN4O. The number of anilines is 1. The fourth-order valence-electron chi connectivity index (χ4n) is 3.82. The van der Waals surface area contributed by atoms with Crippen molar-refractivity contribution in [2.75, 3.05) is 25.5 Å². The standard InChI is InChI=1S/C23H23ClN4O/c1-29-22-7-5-17(11-20(22)24)13-27-23-18(15-28-8-2-3-9-28)14-26-21-6-4-16(12-25)10-19(21)23/h4-7,10-11,14H,2-3,8-9,13,15H2,1H3,(H,26,27). The summed E-state index contributed by atoms with van der Waals surface area (Å²) in [4.78, 5) is 7.09. The average Bonchev–Trinajstić information content (AvgIpc) is 3.25. The van der Waals surface area contributed by atoms with Crippen LogP contribution in [0.4, 0.5) is 5.69 Å². The molecule has 2 aromatic carbocycles. The van der Waals surface area contributed by atoms with Crippen LogP contribution in [0, 0.1) is 11.3 Å². The number of hydrogen-bond donors (Lipinski definition) is 1.